The fourth-order valence-electron chi connectivity index (χ4n) is 6.81. The Kier molecular flexibility index (Phi) is 7.01. The van der Waals surface area contributed by atoms with Crippen LogP contribution in [-0.4, -0.2) is 38.7 Å². The molecule has 0 spiro atoms. The molecule has 5 heteroatoms. The summed E-state index contributed by atoms with van der Waals surface area (Å²) in [5, 5.41) is 8.97. The molecule has 2 atom stereocenters. The number of nitrogens with zero attached hydrogens (tertiary/aromatic N) is 3. The topological polar surface area (TPSA) is 78.9 Å². The summed E-state index contributed by atoms with van der Waals surface area (Å²) in [4.78, 5) is 11.8. The van der Waals surface area contributed by atoms with E-state index >= 15 is 0 Å². The first-order chi connectivity index (χ1) is 19.3. The van der Waals surface area contributed by atoms with E-state index in [9.17, 15) is 0 Å². The number of likely N-dealkylation sites (tertiary alicyclic amines) is 1. The van der Waals surface area contributed by atoms with Gasteiger partial charge in [-0.25, -0.2) is 4.98 Å². The van der Waals surface area contributed by atoms with Crippen molar-refractivity contribution in [2.75, 3.05) is 12.3 Å². The number of nitrogen functional groups attached to an aromatic ring is 1. The minimum absolute atomic E-state index is 0.269. The van der Waals surface area contributed by atoms with Crippen LogP contribution in [0.25, 0.3) is 22.4 Å². The fraction of sp³-hybridized carbons (Fsp3) is 0.343. The molecule has 5 nitrogen and oxygen atoms in total. The van der Waals surface area contributed by atoms with Crippen LogP contribution >= 0.6 is 0 Å². The summed E-state index contributed by atoms with van der Waals surface area (Å²) >= 11 is 0. The molecule has 4 aromatic rings. The van der Waals surface area contributed by atoms with Gasteiger partial charge in [0.15, 0.2) is 0 Å². The number of pyridine rings is 2. The van der Waals surface area contributed by atoms with Crippen molar-refractivity contribution in [1.82, 2.24) is 14.9 Å². The van der Waals surface area contributed by atoms with Crippen molar-refractivity contribution in [2.24, 2.45) is 0 Å². The van der Waals surface area contributed by atoms with Gasteiger partial charge in [-0.15, -0.1) is 0 Å². The van der Waals surface area contributed by atoms with Gasteiger partial charge in [0.05, 0.1) is 11.4 Å². The Bertz CT molecular complexity index is 1560. The van der Waals surface area contributed by atoms with Crippen molar-refractivity contribution in [3.63, 3.8) is 0 Å². The van der Waals surface area contributed by atoms with E-state index in [0.29, 0.717) is 23.1 Å². The second kappa shape index (κ2) is 10.6. The van der Waals surface area contributed by atoms with Crippen molar-refractivity contribution in [3.8, 4) is 22.4 Å². The van der Waals surface area contributed by atoms with Crippen LogP contribution in [0.2, 0.25) is 0 Å². The number of benzene rings is 2. The Morgan fingerprint density at radius 2 is 1.70 bits per heavy atom. The fourth-order valence-corrected chi connectivity index (χ4v) is 6.81. The Balaban J connectivity index is 1.24. The molecule has 1 fully saturated rings. The van der Waals surface area contributed by atoms with Crippen LogP contribution in [0.1, 0.15) is 67.3 Å². The molecule has 0 radical (unpaired) electrons. The van der Waals surface area contributed by atoms with Crippen LogP contribution in [0.15, 0.2) is 73.1 Å². The molecule has 204 valence electrons. The van der Waals surface area contributed by atoms with Crippen LogP contribution in [-0.2, 0) is 12.8 Å². The first-order valence-corrected chi connectivity index (χ1v) is 14.6. The first-order valence-electron chi connectivity index (χ1n) is 14.6. The van der Waals surface area contributed by atoms with Crippen molar-refractivity contribution in [3.05, 3.63) is 101 Å². The Morgan fingerprint density at radius 1 is 0.950 bits per heavy atom. The summed E-state index contributed by atoms with van der Waals surface area (Å²) in [6, 6.07) is 21.6. The van der Waals surface area contributed by atoms with Gasteiger partial charge in [0.25, 0.3) is 0 Å². The van der Waals surface area contributed by atoms with Gasteiger partial charge in [-0.2, -0.15) is 0 Å². The maximum absolute atomic E-state index is 8.97. The number of fused-ring (bicyclic) bond motifs is 1. The third-order valence-corrected chi connectivity index (χ3v) is 9.30. The Morgan fingerprint density at radius 3 is 2.42 bits per heavy atom. The first kappa shape index (κ1) is 26.4. The van der Waals surface area contributed by atoms with Crippen LogP contribution in [0, 0.1) is 12.3 Å². The SMILES string of the molecule is Cc1cccnc1-c1ccc(C(=N)c2cc(-c3ccc4c(c3)CC[C@@](C)(N3CCC[C@H]3C)CC4)cnc2N)cc1. The third kappa shape index (κ3) is 4.95. The number of anilines is 1. The second-order valence-corrected chi connectivity index (χ2v) is 11.9. The van der Waals surface area contributed by atoms with E-state index in [1.54, 1.807) is 0 Å². The minimum atomic E-state index is 0.269. The number of hydrogen-bond donors (Lipinski definition) is 2. The summed E-state index contributed by atoms with van der Waals surface area (Å²) in [5.41, 5.74) is 16.6. The molecule has 40 heavy (non-hydrogen) atoms. The zero-order chi connectivity index (χ0) is 27.9. The minimum Gasteiger partial charge on any atom is -0.383 e. The molecule has 2 aliphatic rings. The Hall–Kier alpha value is -3.83. The lowest BCUT2D eigenvalue weighted by Crippen LogP contribution is -2.48. The molecular weight excluding hydrogens is 490 g/mol. The van der Waals surface area contributed by atoms with Crippen molar-refractivity contribution in [1.29, 1.82) is 5.41 Å². The predicted octanol–water partition coefficient (Wildman–Crippen LogP) is 7.24. The van der Waals surface area contributed by atoms with Crippen molar-refractivity contribution < 1.29 is 0 Å². The maximum atomic E-state index is 8.97. The second-order valence-electron chi connectivity index (χ2n) is 11.9. The molecule has 3 N–H and O–H groups in total. The average Bonchev–Trinajstić information content (AvgIpc) is 3.34. The van der Waals surface area contributed by atoms with E-state index in [1.165, 1.54) is 43.4 Å². The molecule has 2 aromatic carbocycles. The van der Waals surface area contributed by atoms with Crippen LogP contribution in [0.5, 0.6) is 0 Å². The average molecular weight is 530 g/mol. The largest absolute Gasteiger partial charge is 0.383 e. The normalized spacial score (nSPS) is 21.1. The van der Waals surface area contributed by atoms with E-state index in [4.69, 9.17) is 11.1 Å². The summed E-state index contributed by atoms with van der Waals surface area (Å²) in [7, 11) is 0. The van der Waals surface area contributed by atoms with Gasteiger partial charge in [0, 0.05) is 46.2 Å². The predicted molar refractivity (Wildman–Crippen MR) is 165 cm³/mol. The maximum Gasteiger partial charge on any atom is 0.132 e. The highest BCUT2D eigenvalue weighted by molar-refractivity contribution is 6.14. The lowest BCUT2D eigenvalue weighted by atomic mass is 9.89. The molecule has 0 bridgehead atoms. The Labute approximate surface area is 238 Å². The summed E-state index contributed by atoms with van der Waals surface area (Å²) < 4.78 is 0. The van der Waals surface area contributed by atoms with Gasteiger partial charge >= 0.3 is 0 Å². The summed E-state index contributed by atoms with van der Waals surface area (Å²) in [5.74, 6) is 0.378. The lowest BCUT2D eigenvalue weighted by molar-refractivity contribution is 0.0821. The van der Waals surface area contributed by atoms with Crippen molar-refractivity contribution in [2.45, 2.75) is 70.9 Å². The molecule has 0 unspecified atom stereocenters. The van der Waals surface area contributed by atoms with Gasteiger partial charge in [-0.05, 0) is 100 Å². The zero-order valence-corrected chi connectivity index (χ0v) is 23.9. The van der Waals surface area contributed by atoms with Crippen LogP contribution in [0.4, 0.5) is 5.82 Å². The van der Waals surface area contributed by atoms with E-state index in [-0.39, 0.29) is 5.54 Å². The number of nitrogens with two attached hydrogens (primary N) is 1. The van der Waals surface area contributed by atoms with Crippen molar-refractivity contribution >= 4 is 11.5 Å². The molecule has 0 amide bonds. The molecule has 1 aliphatic heterocycles. The summed E-state index contributed by atoms with van der Waals surface area (Å²) in [6.07, 6.45) is 10.9. The molecule has 1 aliphatic carbocycles. The molecule has 0 saturated carbocycles. The standard InChI is InChI=1S/C35H39N5/c1-23-6-4-18-38-33(23)27-11-9-26(10-12-27)32(36)31-21-30(22-39-34(31)37)28-13-8-25-14-16-35(3,17-15-29(25)20-28)40-19-5-7-24(40)2/h4,6,8-13,18,20-22,24,36H,5,7,14-17,19H2,1-3H3,(H2,37,39)/t24-,35+/m1/s1. The molecule has 1 saturated heterocycles. The molecular formula is C35H39N5. The van der Waals surface area contributed by atoms with Gasteiger partial charge in [-0.3, -0.25) is 15.3 Å². The smallest absolute Gasteiger partial charge is 0.132 e. The van der Waals surface area contributed by atoms with Crippen LogP contribution < -0.4 is 5.73 Å². The highest BCUT2D eigenvalue weighted by atomic mass is 15.2. The van der Waals surface area contributed by atoms with E-state index in [2.05, 4.69) is 59.9 Å². The van der Waals surface area contributed by atoms with Gasteiger partial charge in [0.1, 0.15) is 5.82 Å². The molecule has 2 aromatic heterocycles. The number of aryl methyl sites for hydroxylation is 3. The number of hydrogen-bond acceptors (Lipinski definition) is 5. The number of aromatic nitrogens is 2. The quantitative estimate of drug-likeness (QED) is 0.211. The van der Waals surface area contributed by atoms with E-state index in [1.807, 2.05) is 48.8 Å². The van der Waals surface area contributed by atoms with Gasteiger partial charge < -0.3 is 5.73 Å². The molecule has 3 heterocycles. The monoisotopic (exact) mass is 529 g/mol. The highest BCUT2D eigenvalue weighted by Gasteiger charge is 2.38. The zero-order valence-electron chi connectivity index (χ0n) is 23.9. The molecule has 6 rings (SSSR count). The van der Waals surface area contributed by atoms with Crippen LogP contribution in [0.3, 0.4) is 0 Å². The van der Waals surface area contributed by atoms with Gasteiger partial charge in [-0.1, -0.05) is 48.5 Å². The van der Waals surface area contributed by atoms with E-state index < -0.39 is 0 Å². The lowest BCUT2D eigenvalue weighted by Gasteiger charge is -2.41. The highest BCUT2D eigenvalue weighted by Crippen LogP contribution is 2.38. The number of nitrogens with one attached hydrogen (secondary N) is 1. The third-order valence-electron chi connectivity index (χ3n) is 9.30. The number of rotatable bonds is 5. The van der Waals surface area contributed by atoms with E-state index in [0.717, 1.165) is 46.4 Å². The summed E-state index contributed by atoms with van der Waals surface area (Å²) in [6.45, 7) is 8.17. The van der Waals surface area contributed by atoms with Gasteiger partial charge in [0.2, 0.25) is 0 Å².